The first-order valence-corrected chi connectivity index (χ1v) is 44.9. The van der Waals surface area contributed by atoms with Crippen LogP contribution in [0.1, 0.15) is 160 Å². The molecule has 0 spiro atoms. The molecule has 6 aromatic rings. The van der Waals surface area contributed by atoms with Crippen molar-refractivity contribution in [2.75, 3.05) is 66.7 Å². The number of pyridine rings is 2. The van der Waals surface area contributed by atoms with Gasteiger partial charge in [-0.3, -0.25) is 33.9 Å². The minimum absolute atomic E-state index is 0.0221. The second kappa shape index (κ2) is 46.1. The number of para-hydroxylation sites is 2. The van der Waals surface area contributed by atoms with E-state index in [4.69, 9.17) is 70.9 Å². The lowest BCUT2D eigenvalue weighted by Crippen LogP contribution is -2.59. The van der Waals surface area contributed by atoms with Crippen LogP contribution in [0, 0.1) is 0 Å². The van der Waals surface area contributed by atoms with Crippen LogP contribution in [0.15, 0.2) is 132 Å². The minimum atomic E-state index is -4.00. The quantitative estimate of drug-likeness (QED) is 0.00976. The number of hydrogen-bond donors (Lipinski definition) is 9. The maximum Gasteiger partial charge on any atom is 0.315 e. The van der Waals surface area contributed by atoms with Crippen LogP contribution in [0.5, 0.6) is 11.5 Å². The Morgan fingerprint density at radius 2 is 0.951 bits per heavy atom. The number of aliphatic hydroxyl groups is 5. The molecule has 4 aliphatic rings. The molecule has 4 amide bonds. The summed E-state index contributed by atoms with van der Waals surface area (Å²) in [5.74, 6) is -2.19. The van der Waals surface area contributed by atoms with Crippen LogP contribution >= 0.6 is 23.2 Å². The number of ether oxygens (including phenoxy) is 9. The van der Waals surface area contributed by atoms with E-state index < -0.39 is 148 Å². The number of sulfonamides is 2. The highest BCUT2D eigenvalue weighted by molar-refractivity contribution is 7.89. The number of benzene rings is 4. The lowest BCUT2D eigenvalue weighted by Gasteiger charge is -2.36. The van der Waals surface area contributed by atoms with Crippen LogP contribution in [0.25, 0.3) is 22.3 Å². The molecular formula is C86H112Cl2N8O25S2. The zero-order chi connectivity index (χ0) is 89.2. The summed E-state index contributed by atoms with van der Waals surface area (Å²) in [5, 5.41) is 58.7. The summed E-state index contributed by atoms with van der Waals surface area (Å²) in [6.07, 6.45) is 5.69. The predicted octanol–water partition coefficient (Wildman–Crippen LogP) is 8.98. The molecule has 10 rings (SSSR count). The summed E-state index contributed by atoms with van der Waals surface area (Å²) in [7, 11) is -4.98. The van der Waals surface area contributed by atoms with Crippen molar-refractivity contribution in [3.63, 3.8) is 0 Å². The Hall–Kier alpha value is -9.21. The SMILES string of the molecule is CCC(=O)OC[C@@H](OC(=O)CC)[C@@H](OC(=O)CC)[C@H](OC(=O)CC)[C@H](COC(C)=O)NC(=O)NCCCCN(C)S(=O)(=O)c1ccc(Cl)c(COC2(c3cnccc3-c3ccccc3OC3CC3)CC2)c1.CN(CCCCNC(=O)N[C@@H](CO)[C@@H](O)[C@H](O)[C@H](O)CO)S(=O)(=O)c1ccc(Cl)c(COC2(c3cnccc3-c3ccccc3OC3CC3)CC2)c1. The molecule has 4 aromatic carbocycles. The van der Waals surface area contributed by atoms with Crippen molar-refractivity contribution in [3.05, 3.63) is 154 Å². The van der Waals surface area contributed by atoms with E-state index in [9.17, 15) is 70.8 Å². The van der Waals surface area contributed by atoms with Crippen molar-refractivity contribution in [1.82, 2.24) is 39.8 Å². The summed E-state index contributed by atoms with van der Waals surface area (Å²) < 4.78 is 110. The van der Waals surface area contributed by atoms with Gasteiger partial charge in [-0.15, -0.1) is 0 Å². The van der Waals surface area contributed by atoms with Crippen molar-refractivity contribution in [2.45, 2.75) is 232 Å². The van der Waals surface area contributed by atoms with E-state index >= 15 is 0 Å². The highest BCUT2D eigenvalue weighted by Gasteiger charge is 2.50. The summed E-state index contributed by atoms with van der Waals surface area (Å²) in [4.78, 5) is 97.0. The largest absolute Gasteiger partial charge is 0.490 e. The van der Waals surface area contributed by atoms with E-state index in [1.807, 2.05) is 73.1 Å². The third-order valence-electron chi connectivity index (χ3n) is 21.0. The number of urea groups is 2. The van der Waals surface area contributed by atoms with Crippen molar-refractivity contribution >= 4 is 85.2 Å². The molecule has 4 aliphatic carbocycles. The van der Waals surface area contributed by atoms with Gasteiger partial charge in [0.1, 0.15) is 49.1 Å². The number of amides is 4. The zero-order valence-electron chi connectivity index (χ0n) is 70.0. The summed E-state index contributed by atoms with van der Waals surface area (Å²) in [5.41, 5.74) is 5.49. The van der Waals surface area contributed by atoms with Gasteiger partial charge in [0.25, 0.3) is 0 Å². The number of aromatic nitrogens is 2. The first kappa shape index (κ1) is 97.6. The molecule has 0 aliphatic heterocycles. The standard InChI is InChI=1S/C50H65ClN4O15S.C36H47ClN4O10S/c1-7-43(57)65-31-42(68-44(58)8-2)48(70-46(60)10-4)47(69-45(59)9-3)40(30-64-32(5)56)54-49(61)53-24-13-14-26-55(6)71(62,63)35-19-20-39(51)33(27-35)29-66-50(22-23-50)38-28-52-25-21-36(38)37-15-11-12-16-41(37)67-34-17-18-34;1-41(17-5-4-15-39-35(47)40-30(20-42)33(45)34(46)31(44)21-43)52(48,49)25-10-11-29(37)23(18-25)22-50-36(13-14-36)28-19-38-16-12-26(28)27-6-2-3-7-32(27)51-24-8-9-24/h11-12,15-16,19-21,25,27-28,34,40,42,47-48H,7-10,13-14,17-18,22-24,26,29-31H2,1-6H3,(H2,53,54,61);2-3,6-7,10-12,16,18-19,24,30-31,33-34,42-46H,4-5,8-9,13-15,17,20-22H2,1H3,(H2,39,40,47)/t40-,42+,47+,48+;30-,31+,33+,34+/m00/s1. The second-order valence-electron chi connectivity index (χ2n) is 30.4. The van der Waals surface area contributed by atoms with E-state index in [1.165, 1.54) is 80.7 Å². The van der Waals surface area contributed by atoms with Gasteiger partial charge in [-0.25, -0.2) is 35.0 Å². The van der Waals surface area contributed by atoms with Gasteiger partial charge in [0.15, 0.2) is 18.3 Å². The van der Waals surface area contributed by atoms with E-state index in [-0.39, 0.29) is 87.1 Å². The van der Waals surface area contributed by atoms with Crippen molar-refractivity contribution in [1.29, 1.82) is 0 Å². The summed E-state index contributed by atoms with van der Waals surface area (Å²) in [6.45, 7) is 4.95. The van der Waals surface area contributed by atoms with Crippen LogP contribution < -0.4 is 30.7 Å². The number of halogens is 2. The number of carbonyl (C=O) groups is 7. The number of nitrogens with zero attached hydrogens (tertiary/aromatic N) is 4. The molecule has 4 fully saturated rings. The highest BCUT2D eigenvalue weighted by Crippen LogP contribution is 2.55. The van der Waals surface area contributed by atoms with Crippen LogP contribution in [0.4, 0.5) is 9.59 Å². The number of rotatable bonds is 49. The number of unbranched alkanes of at least 4 members (excludes halogenated alkanes) is 2. The van der Waals surface area contributed by atoms with E-state index in [1.54, 1.807) is 18.5 Å². The Bertz CT molecular complexity index is 4810. The molecule has 0 saturated heterocycles. The topological polar surface area (TPSA) is 452 Å². The first-order chi connectivity index (χ1) is 58.8. The van der Waals surface area contributed by atoms with Crippen molar-refractivity contribution in [2.24, 2.45) is 0 Å². The molecular weight excluding hydrogens is 1680 g/mol. The third-order valence-corrected chi connectivity index (χ3v) is 25.4. The molecule has 2 heterocycles. The minimum Gasteiger partial charge on any atom is -0.490 e. The molecule has 123 heavy (non-hydrogen) atoms. The van der Waals surface area contributed by atoms with Gasteiger partial charge in [0.05, 0.1) is 65.7 Å². The molecule has 8 atom stereocenters. The molecule has 37 heteroatoms. The molecule has 672 valence electrons. The van der Waals surface area contributed by atoms with E-state index in [0.717, 1.165) is 103 Å². The molecule has 0 radical (unpaired) electrons. The van der Waals surface area contributed by atoms with Crippen molar-refractivity contribution in [3.8, 4) is 33.8 Å². The fraction of sp³-hybridized carbons (Fsp3) is 0.523. The van der Waals surface area contributed by atoms with Gasteiger partial charge in [0.2, 0.25) is 20.0 Å². The van der Waals surface area contributed by atoms with Gasteiger partial charge >= 0.3 is 41.9 Å². The molecule has 0 bridgehead atoms. The van der Waals surface area contributed by atoms with Gasteiger partial charge in [-0.2, -0.15) is 0 Å². The van der Waals surface area contributed by atoms with Gasteiger partial charge in [-0.05, 0) is 160 Å². The molecule has 0 unspecified atom stereocenters. The Morgan fingerprint density at radius 3 is 1.37 bits per heavy atom. The molecule has 9 N–H and O–H groups in total. The Kier molecular flexibility index (Phi) is 36.6. The fourth-order valence-corrected chi connectivity index (χ4v) is 16.0. The lowest BCUT2D eigenvalue weighted by atomic mass is 9.96. The van der Waals surface area contributed by atoms with Crippen LogP contribution in [0.2, 0.25) is 10.0 Å². The average Bonchev–Trinajstić information content (AvgIpc) is 1.61. The predicted molar refractivity (Wildman–Crippen MR) is 450 cm³/mol. The van der Waals surface area contributed by atoms with Gasteiger partial charge in [-0.1, -0.05) is 87.3 Å². The Morgan fingerprint density at radius 1 is 0.520 bits per heavy atom. The normalized spacial score (nSPS) is 16.4. The van der Waals surface area contributed by atoms with Crippen LogP contribution in [-0.2, 0) is 102 Å². The molecule has 4 saturated carbocycles. The maximum absolute atomic E-state index is 13.9. The third kappa shape index (κ3) is 27.9. The van der Waals surface area contributed by atoms with E-state index in [0.29, 0.717) is 46.9 Å². The maximum atomic E-state index is 13.9. The number of hydrogen-bond acceptors (Lipinski definition) is 27. The number of aliphatic hydroxyl groups excluding tert-OH is 5. The van der Waals surface area contributed by atoms with Gasteiger partial charge in [0, 0.05) is 130 Å². The zero-order valence-corrected chi connectivity index (χ0v) is 73.1. The molecule has 33 nitrogen and oxygen atoms in total. The average molecular weight is 1790 g/mol. The van der Waals surface area contributed by atoms with E-state index in [2.05, 4.69) is 31.2 Å². The smallest absolute Gasteiger partial charge is 0.315 e. The summed E-state index contributed by atoms with van der Waals surface area (Å²) >= 11 is 13.2. The number of nitrogens with one attached hydrogen (secondary N) is 4. The van der Waals surface area contributed by atoms with Crippen LogP contribution in [0.3, 0.4) is 0 Å². The molecule has 2 aromatic heterocycles. The van der Waals surface area contributed by atoms with Crippen LogP contribution in [-0.4, -0.2) is 230 Å². The first-order valence-electron chi connectivity index (χ1n) is 41.3. The second-order valence-corrected chi connectivity index (χ2v) is 35.3. The fourth-order valence-electron chi connectivity index (χ4n) is 13.1. The Labute approximate surface area is 726 Å². The van der Waals surface area contributed by atoms with Gasteiger partial charge < -0.3 is 89.4 Å². The lowest BCUT2D eigenvalue weighted by molar-refractivity contribution is -0.195. The summed E-state index contributed by atoms with van der Waals surface area (Å²) in [6, 6.07) is 24.5. The Balaban J connectivity index is 0.000000292. The number of esters is 5. The number of carbonyl (C=O) groups excluding carboxylic acids is 7. The highest BCUT2D eigenvalue weighted by atomic mass is 35.5. The van der Waals surface area contributed by atoms with Crippen molar-refractivity contribution < 1.29 is 119 Å². The monoisotopic (exact) mass is 1790 g/mol.